The van der Waals surface area contributed by atoms with Crippen LogP contribution in [0.5, 0.6) is 11.5 Å². The summed E-state index contributed by atoms with van der Waals surface area (Å²) in [5.41, 5.74) is -0.768. The maximum absolute atomic E-state index is 12.0. The first-order chi connectivity index (χ1) is 10.8. The van der Waals surface area contributed by atoms with Crippen molar-refractivity contribution in [2.45, 2.75) is 45.4 Å². The fourth-order valence-electron chi connectivity index (χ4n) is 1.88. The van der Waals surface area contributed by atoms with Gasteiger partial charge in [-0.25, -0.2) is 0 Å². The average molecular weight is 324 g/mol. The summed E-state index contributed by atoms with van der Waals surface area (Å²) in [6.45, 7) is 7.72. The molecule has 1 rings (SSSR count). The van der Waals surface area contributed by atoms with Gasteiger partial charge >= 0.3 is 0 Å². The van der Waals surface area contributed by atoms with E-state index in [0.29, 0.717) is 11.5 Å². The number of aliphatic hydroxyl groups is 1. The van der Waals surface area contributed by atoms with Crippen LogP contribution in [0.25, 0.3) is 0 Å². The SMILES string of the molecule is COc1ccccc1OCC(O)CNC(C)(C)C(=O)NC(C)C. The van der Waals surface area contributed by atoms with Gasteiger partial charge in [-0.15, -0.1) is 0 Å². The molecule has 130 valence electrons. The lowest BCUT2D eigenvalue weighted by Crippen LogP contribution is -2.56. The number of β-amino-alcohol motifs (C(OH)–C–C–N with tert-alkyl or cyclic N) is 1. The first-order valence-electron chi connectivity index (χ1n) is 7.76. The van der Waals surface area contributed by atoms with E-state index in [-0.39, 0.29) is 25.1 Å². The van der Waals surface area contributed by atoms with Gasteiger partial charge in [0.1, 0.15) is 12.7 Å². The second-order valence-electron chi connectivity index (χ2n) is 6.25. The van der Waals surface area contributed by atoms with E-state index in [1.165, 1.54) is 0 Å². The lowest BCUT2D eigenvalue weighted by molar-refractivity contribution is -0.127. The number of carbonyl (C=O) groups is 1. The van der Waals surface area contributed by atoms with Gasteiger partial charge in [0.2, 0.25) is 5.91 Å². The summed E-state index contributed by atoms with van der Waals surface area (Å²) < 4.78 is 10.7. The van der Waals surface area contributed by atoms with Crippen LogP contribution in [0.2, 0.25) is 0 Å². The molecule has 1 unspecified atom stereocenters. The first-order valence-corrected chi connectivity index (χ1v) is 7.76. The molecule has 1 aromatic rings. The van der Waals surface area contributed by atoms with Crippen molar-refractivity contribution in [2.75, 3.05) is 20.3 Å². The molecule has 0 heterocycles. The summed E-state index contributed by atoms with van der Waals surface area (Å²) in [5.74, 6) is 1.08. The third kappa shape index (κ3) is 6.46. The molecule has 6 nitrogen and oxygen atoms in total. The summed E-state index contributed by atoms with van der Waals surface area (Å²) >= 11 is 0. The third-order valence-corrected chi connectivity index (χ3v) is 3.27. The Morgan fingerprint density at radius 1 is 1.26 bits per heavy atom. The Hall–Kier alpha value is -1.79. The van der Waals surface area contributed by atoms with E-state index in [9.17, 15) is 9.90 Å². The van der Waals surface area contributed by atoms with Crippen molar-refractivity contribution in [1.82, 2.24) is 10.6 Å². The molecule has 0 saturated heterocycles. The van der Waals surface area contributed by atoms with E-state index >= 15 is 0 Å². The summed E-state index contributed by atoms with van der Waals surface area (Å²) in [6.07, 6.45) is -0.744. The predicted molar refractivity (Wildman–Crippen MR) is 89.9 cm³/mol. The number of para-hydroxylation sites is 2. The van der Waals surface area contributed by atoms with Crippen LogP contribution < -0.4 is 20.1 Å². The fraction of sp³-hybridized carbons (Fsp3) is 0.588. The van der Waals surface area contributed by atoms with Crippen molar-refractivity contribution >= 4 is 5.91 Å². The molecule has 0 radical (unpaired) electrons. The van der Waals surface area contributed by atoms with Crippen LogP contribution in [-0.2, 0) is 4.79 Å². The maximum atomic E-state index is 12.0. The summed E-state index contributed by atoms with van der Waals surface area (Å²) in [7, 11) is 1.57. The van der Waals surface area contributed by atoms with Gasteiger partial charge in [-0.2, -0.15) is 0 Å². The molecule has 0 saturated carbocycles. The zero-order valence-electron chi connectivity index (χ0n) is 14.6. The zero-order valence-corrected chi connectivity index (χ0v) is 14.6. The van der Waals surface area contributed by atoms with Crippen LogP contribution in [0, 0.1) is 0 Å². The average Bonchev–Trinajstić information content (AvgIpc) is 2.50. The molecule has 0 fully saturated rings. The van der Waals surface area contributed by atoms with E-state index < -0.39 is 11.6 Å². The van der Waals surface area contributed by atoms with E-state index in [0.717, 1.165) is 0 Å². The number of amides is 1. The molecular formula is C17H28N2O4. The van der Waals surface area contributed by atoms with Crippen LogP contribution >= 0.6 is 0 Å². The number of carbonyl (C=O) groups excluding carboxylic acids is 1. The molecule has 6 heteroatoms. The van der Waals surface area contributed by atoms with Gasteiger partial charge in [-0.3, -0.25) is 4.79 Å². The fourth-order valence-corrected chi connectivity index (χ4v) is 1.88. The van der Waals surface area contributed by atoms with Gasteiger partial charge in [0.25, 0.3) is 0 Å². The van der Waals surface area contributed by atoms with Crippen LogP contribution in [0.1, 0.15) is 27.7 Å². The number of aliphatic hydroxyl groups excluding tert-OH is 1. The third-order valence-electron chi connectivity index (χ3n) is 3.27. The second-order valence-corrected chi connectivity index (χ2v) is 6.25. The van der Waals surface area contributed by atoms with E-state index in [4.69, 9.17) is 9.47 Å². The highest BCUT2D eigenvalue weighted by atomic mass is 16.5. The van der Waals surface area contributed by atoms with E-state index in [2.05, 4.69) is 10.6 Å². The second kappa shape index (κ2) is 8.74. The normalized spacial score (nSPS) is 12.8. The largest absolute Gasteiger partial charge is 0.493 e. The van der Waals surface area contributed by atoms with Crippen molar-refractivity contribution in [3.05, 3.63) is 24.3 Å². The monoisotopic (exact) mass is 324 g/mol. The molecule has 3 N–H and O–H groups in total. The Kier molecular flexibility index (Phi) is 7.32. The molecule has 1 aromatic carbocycles. The Morgan fingerprint density at radius 3 is 2.43 bits per heavy atom. The Balaban J connectivity index is 2.44. The highest BCUT2D eigenvalue weighted by Gasteiger charge is 2.28. The number of hydrogen-bond acceptors (Lipinski definition) is 5. The predicted octanol–water partition coefficient (Wildman–Crippen LogP) is 1.33. The van der Waals surface area contributed by atoms with Crippen LogP contribution in [0.15, 0.2) is 24.3 Å². The molecule has 23 heavy (non-hydrogen) atoms. The molecule has 0 aromatic heterocycles. The number of hydrogen-bond donors (Lipinski definition) is 3. The summed E-state index contributed by atoms with van der Waals surface area (Å²) in [5, 5.41) is 15.9. The molecule has 0 aliphatic rings. The molecular weight excluding hydrogens is 296 g/mol. The Labute approximate surface area is 138 Å². The molecule has 0 aliphatic carbocycles. The number of ether oxygens (including phenoxy) is 2. The van der Waals surface area contributed by atoms with E-state index in [1.807, 2.05) is 26.0 Å². The van der Waals surface area contributed by atoms with Gasteiger partial charge in [0.05, 0.1) is 12.6 Å². The lowest BCUT2D eigenvalue weighted by Gasteiger charge is -2.27. The molecule has 1 atom stereocenters. The van der Waals surface area contributed by atoms with Crippen LogP contribution in [0.4, 0.5) is 0 Å². The minimum absolute atomic E-state index is 0.0716. The number of methoxy groups -OCH3 is 1. The van der Waals surface area contributed by atoms with Crippen molar-refractivity contribution in [2.24, 2.45) is 0 Å². The molecule has 0 bridgehead atoms. The quantitative estimate of drug-likeness (QED) is 0.638. The number of benzene rings is 1. The van der Waals surface area contributed by atoms with Gasteiger partial charge < -0.3 is 25.2 Å². The molecule has 0 aliphatic heterocycles. The number of nitrogens with one attached hydrogen (secondary N) is 2. The van der Waals surface area contributed by atoms with Crippen molar-refractivity contribution in [1.29, 1.82) is 0 Å². The highest BCUT2D eigenvalue weighted by Crippen LogP contribution is 2.25. The maximum Gasteiger partial charge on any atom is 0.239 e. The summed E-state index contributed by atoms with van der Waals surface area (Å²) in [4.78, 5) is 12.0. The van der Waals surface area contributed by atoms with Crippen LogP contribution in [-0.4, -0.2) is 49.0 Å². The Morgan fingerprint density at radius 2 is 1.87 bits per heavy atom. The van der Waals surface area contributed by atoms with Crippen molar-refractivity contribution in [3.8, 4) is 11.5 Å². The van der Waals surface area contributed by atoms with Gasteiger partial charge in [0, 0.05) is 12.6 Å². The minimum Gasteiger partial charge on any atom is -0.493 e. The van der Waals surface area contributed by atoms with E-state index in [1.54, 1.807) is 33.1 Å². The first kappa shape index (κ1) is 19.3. The topological polar surface area (TPSA) is 79.8 Å². The smallest absolute Gasteiger partial charge is 0.239 e. The summed E-state index contributed by atoms with van der Waals surface area (Å²) in [6, 6.07) is 7.32. The molecule has 0 spiro atoms. The van der Waals surface area contributed by atoms with Gasteiger partial charge in [-0.1, -0.05) is 12.1 Å². The zero-order chi connectivity index (χ0) is 17.5. The van der Waals surface area contributed by atoms with Gasteiger partial charge in [0.15, 0.2) is 11.5 Å². The van der Waals surface area contributed by atoms with Crippen LogP contribution in [0.3, 0.4) is 0 Å². The van der Waals surface area contributed by atoms with Crippen molar-refractivity contribution < 1.29 is 19.4 Å². The Bertz CT molecular complexity index is 503. The lowest BCUT2D eigenvalue weighted by atomic mass is 10.0. The standard InChI is InChI=1S/C17H28N2O4/c1-12(2)19-16(21)17(3,4)18-10-13(20)11-23-15-9-7-6-8-14(15)22-5/h6-9,12-13,18,20H,10-11H2,1-5H3,(H,19,21). The minimum atomic E-state index is -0.768. The molecule has 1 amide bonds. The van der Waals surface area contributed by atoms with Crippen molar-refractivity contribution in [3.63, 3.8) is 0 Å². The highest BCUT2D eigenvalue weighted by molar-refractivity contribution is 5.85. The number of rotatable bonds is 9. The van der Waals surface area contributed by atoms with Gasteiger partial charge in [-0.05, 0) is 39.8 Å².